The van der Waals surface area contributed by atoms with Crippen LogP contribution >= 0.6 is 0 Å². The summed E-state index contributed by atoms with van der Waals surface area (Å²) in [7, 11) is 1.52. The van der Waals surface area contributed by atoms with Crippen molar-refractivity contribution in [3.05, 3.63) is 0 Å². The average Bonchev–Trinajstić information content (AvgIpc) is 2.44. The zero-order valence-electron chi connectivity index (χ0n) is 9.24. The van der Waals surface area contributed by atoms with Gasteiger partial charge in [0.05, 0.1) is 6.61 Å². The van der Waals surface area contributed by atoms with Gasteiger partial charge >= 0.3 is 5.97 Å². The number of carboxylic acids is 1. The van der Waals surface area contributed by atoms with Crippen LogP contribution in [0.5, 0.6) is 0 Å². The zero-order chi connectivity index (χ0) is 11.6. The fraction of sp³-hybridized carbons (Fsp3) is 0.800. The van der Waals surface area contributed by atoms with Gasteiger partial charge in [-0.3, -0.25) is 4.79 Å². The van der Waals surface area contributed by atoms with E-state index in [0.29, 0.717) is 0 Å². The molecule has 2 N–H and O–H groups in total. The molecule has 1 aliphatic heterocycles. The van der Waals surface area contributed by atoms with E-state index in [1.165, 1.54) is 7.11 Å². The number of carbonyl (C=O) groups excluding carboxylic acids is 1. The minimum Gasteiger partial charge on any atom is -0.480 e. The lowest BCUT2D eigenvalue weighted by molar-refractivity contribution is -0.144. The molecule has 15 heavy (non-hydrogen) atoms. The number of ether oxygens (including phenoxy) is 1. The van der Waals surface area contributed by atoms with Gasteiger partial charge in [0.25, 0.3) is 0 Å². The van der Waals surface area contributed by atoms with Crippen LogP contribution in [0.2, 0.25) is 0 Å². The van der Waals surface area contributed by atoms with Crippen LogP contribution in [0.15, 0.2) is 0 Å². The maximum atomic E-state index is 11.3. The quantitative estimate of drug-likeness (QED) is 0.704. The summed E-state index contributed by atoms with van der Waals surface area (Å²) in [6.45, 7) is 4.10. The first-order valence-electron chi connectivity index (χ1n) is 4.95. The average molecular weight is 215 g/mol. The molecule has 1 rings (SSSR count). The third-order valence-corrected chi connectivity index (χ3v) is 3.18. The number of hydrogen-bond donors (Lipinski definition) is 2. The number of aliphatic carboxylic acids is 1. The number of methoxy groups -OCH3 is 1. The highest BCUT2D eigenvalue weighted by atomic mass is 16.5. The molecule has 1 heterocycles. The second-order valence-corrected chi connectivity index (χ2v) is 4.34. The van der Waals surface area contributed by atoms with E-state index in [-0.39, 0.29) is 24.9 Å². The Bertz CT molecular complexity index is 277. The fourth-order valence-corrected chi connectivity index (χ4v) is 2.17. The van der Waals surface area contributed by atoms with Crippen LogP contribution < -0.4 is 5.32 Å². The Balaban J connectivity index is 3.02. The standard InChI is InChI=1S/C10H17NO4/c1-6(2)10(5-15-3)4-7(12)11-8(10)9(13)14/h6,8H,4-5H2,1-3H3,(H,11,12)(H,13,14). The van der Waals surface area contributed by atoms with Crippen molar-refractivity contribution in [1.82, 2.24) is 5.32 Å². The van der Waals surface area contributed by atoms with Crippen molar-refractivity contribution >= 4 is 11.9 Å². The first-order valence-corrected chi connectivity index (χ1v) is 4.95. The van der Waals surface area contributed by atoms with Crippen LogP contribution in [-0.2, 0) is 14.3 Å². The van der Waals surface area contributed by atoms with E-state index in [0.717, 1.165) is 0 Å². The van der Waals surface area contributed by atoms with Crippen LogP contribution in [0.4, 0.5) is 0 Å². The van der Waals surface area contributed by atoms with Crippen LogP contribution in [0, 0.1) is 11.3 Å². The van der Waals surface area contributed by atoms with Crippen molar-refractivity contribution in [1.29, 1.82) is 0 Å². The summed E-state index contributed by atoms with van der Waals surface area (Å²) in [4.78, 5) is 22.4. The Kier molecular flexibility index (Phi) is 3.34. The van der Waals surface area contributed by atoms with Gasteiger partial charge in [0.1, 0.15) is 6.04 Å². The van der Waals surface area contributed by atoms with Gasteiger partial charge in [-0.25, -0.2) is 4.79 Å². The van der Waals surface area contributed by atoms with Gasteiger partial charge < -0.3 is 15.2 Å². The zero-order valence-corrected chi connectivity index (χ0v) is 9.24. The maximum Gasteiger partial charge on any atom is 0.326 e. The highest BCUT2D eigenvalue weighted by Gasteiger charge is 2.52. The lowest BCUT2D eigenvalue weighted by Gasteiger charge is -2.34. The molecule has 0 spiro atoms. The predicted octanol–water partition coefficient (Wildman–Crippen LogP) is 0.248. The lowest BCUT2D eigenvalue weighted by Crippen LogP contribution is -2.49. The van der Waals surface area contributed by atoms with Gasteiger partial charge in [0.15, 0.2) is 0 Å². The van der Waals surface area contributed by atoms with E-state index in [1.807, 2.05) is 13.8 Å². The third kappa shape index (κ3) is 1.97. The molecule has 5 nitrogen and oxygen atoms in total. The van der Waals surface area contributed by atoms with Gasteiger partial charge in [-0.15, -0.1) is 0 Å². The van der Waals surface area contributed by atoms with E-state index in [2.05, 4.69) is 5.32 Å². The van der Waals surface area contributed by atoms with Gasteiger partial charge in [-0.1, -0.05) is 13.8 Å². The molecule has 0 saturated carbocycles. The van der Waals surface area contributed by atoms with E-state index >= 15 is 0 Å². The fourth-order valence-electron chi connectivity index (χ4n) is 2.17. The molecular formula is C10H17NO4. The van der Waals surface area contributed by atoms with Gasteiger partial charge in [0, 0.05) is 18.9 Å². The summed E-state index contributed by atoms with van der Waals surface area (Å²) < 4.78 is 5.06. The van der Waals surface area contributed by atoms with Gasteiger partial charge in [-0.2, -0.15) is 0 Å². The minimum absolute atomic E-state index is 0.0671. The molecule has 86 valence electrons. The highest BCUT2D eigenvalue weighted by Crippen LogP contribution is 2.39. The van der Waals surface area contributed by atoms with E-state index in [1.54, 1.807) is 0 Å². The molecule has 2 unspecified atom stereocenters. The van der Waals surface area contributed by atoms with E-state index in [4.69, 9.17) is 9.84 Å². The van der Waals surface area contributed by atoms with E-state index < -0.39 is 17.4 Å². The normalized spacial score (nSPS) is 30.7. The molecule has 0 radical (unpaired) electrons. The maximum absolute atomic E-state index is 11.3. The molecule has 0 aromatic carbocycles. The van der Waals surface area contributed by atoms with Gasteiger partial charge in [0.2, 0.25) is 5.91 Å². The summed E-state index contributed by atoms with van der Waals surface area (Å²) in [5.74, 6) is -1.14. The number of carboxylic acid groups (broad SMARTS) is 1. The summed E-state index contributed by atoms with van der Waals surface area (Å²) >= 11 is 0. The van der Waals surface area contributed by atoms with Crippen molar-refractivity contribution in [2.24, 2.45) is 11.3 Å². The number of carbonyl (C=O) groups is 2. The molecule has 1 saturated heterocycles. The number of amides is 1. The van der Waals surface area contributed by atoms with E-state index in [9.17, 15) is 9.59 Å². The molecule has 1 aliphatic rings. The molecule has 0 aliphatic carbocycles. The first-order chi connectivity index (χ1) is 6.94. The monoisotopic (exact) mass is 215 g/mol. The number of nitrogens with one attached hydrogen (secondary N) is 1. The Morgan fingerprint density at radius 2 is 2.33 bits per heavy atom. The molecule has 5 heteroatoms. The molecule has 1 amide bonds. The lowest BCUT2D eigenvalue weighted by atomic mass is 9.72. The van der Waals surface area contributed by atoms with Crippen molar-refractivity contribution in [3.63, 3.8) is 0 Å². The Morgan fingerprint density at radius 1 is 1.73 bits per heavy atom. The highest BCUT2D eigenvalue weighted by molar-refractivity contribution is 5.89. The summed E-state index contributed by atoms with van der Waals surface area (Å²) in [5, 5.41) is 11.6. The van der Waals surface area contributed by atoms with Crippen molar-refractivity contribution < 1.29 is 19.4 Å². The smallest absolute Gasteiger partial charge is 0.326 e. The Labute approximate surface area is 88.8 Å². The van der Waals surface area contributed by atoms with Crippen LogP contribution in [0.3, 0.4) is 0 Å². The minimum atomic E-state index is -0.994. The molecule has 2 atom stereocenters. The second-order valence-electron chi connectivity index (χ2n) is 4.34. The summed E-state index contributed by atoms with van der Waals surface area (Å²) in [6.07, 6.45) is 0.218. The summed E-state index contributed by atoms with van der Waals surface area (Å²) in [6, 6.07) is -0.843. The number of rotatable bonds is 4. The second kappa shape index (κ2) is 4.18. The van der Waals surface area contributed by atoms with Crippen molar-refractivity contribution in [2.45, 2.75) is 26.3 Å². The van der Waals surface area contributed by atoms with Crippen LogP contribution in [0.25, 0.3) is 0 Å². The summed E-state index contributed by atoms with van der Waals surface area (Å²) in [5.41, 5.74) is -0.627. The first kappa shape index (κ1) is 12.0. The molecular weight excluding hydrogens is 198 g/mol. The molecule has 0 aromatic heterocycles. The topological polar surface area (TPSA) is 75.6 Å². The SMILES string of the molecule is COCC1(C(C)C)CC(=O)NC1C(=O)O. The molecule has 1 fully saturated rings. The Hall–Kier alpha value is -1.10. The van der Waals surface area contributed by atoms with Gasteiger partial charge in [-0.05, 0) is 5.92 Å². The molecule has 0 aromatic rings. The van der Waals surface area contributed by atoms with Crippen molar-refractivity contribution in [2.75, 3.05) is 13.7 Å². The van der Waals surface area contributed by atoms with Crippen LogP contribution in [-0.4, -0.2) is 36.7 Å². The Morgan fingerprint density at radius 3 is 2.73 bits per heavy atom. The third-order valence-electron chi connectivity index (χ3n) is 3.18. The van der Waals surface area contributed by atoms with Crippen molar-refractivity contribution in [3.8, 4) is 0 Å². The largest absolute Gasteiger partial charge is 0.480 e. The van der Waals surface area contributed by atoms with Crippen LogP contribution in [0.1, 0.15) is 20.3 Å². The number of hydrogen-bond acceptors (Lipinski definition) is 3. The molecule has 0 bridgehead atoms. The predicted molar refractivity (Wildman–Crippen MR) is 53.3 cm³/mol.